The van der Waals surface area contributed by atoms with Gasteiger partial charge in [-0.15, -0.1) is 0 Å². The number of aromatic nitrogens is 3. The van der Waals surface area contributed by atoms with E-state index < -0.39 is 11.7 Å². The molecule has 166 valence electrons. The molecule has 0 aliphatic carbocycles. The molecule has 3 aromatic rings. The first-order chi connectivity index (χ1) is 14.7. The van der Waals surface area contributed by atoms with Crippen LogP contribution in [0.1, 0.15) is 38.6 Å². The first kappa shape index (κ1) is 22.6. The van der Waals surface area contributed by atoms with E-state index in [1.807, 2.05) is 32.0 Å². The van der Waals surface area contributed by atoms with Crippen LogP contribution < -0.4 is 10.5 Å². The lowest BCUT2D eigenvalue weighted by atomic mass is 9.95. The van der Waals surface area contributed by atoms with E-state index in [-0.39, 0.29) is 6.61 Å². The Labute approximate surface area is 182 Å². The molecule has 0 saturated heterocycles. The zero-order valence-electron chi connectivity index (χ0n) is 18.7. The number of H-pyrrole nitrogens is 1. The molecule has 0 radical (unpaired) electrons. The number of benzene rings is 1. The first-order valence-corrected chi connectivity index (χ1v) is 10.3. The van der Waals surface area contributed by atoms with Crippen molar-refractivity contribution in [2.24, 2.45) is 11.7 Å². The molecule has 0 aliphatic rings. The van der Waals surface area contributed by atoms with Gasteiger partial charge in [0.15, 0.2) is 5.65 Å². The number of aromatic amines is 1. The van der Waals surface area contributed by atoms with E-state index in [0.29, 0.717) is 24.6 Å². The number of methoxy groups -OCH3 is 1. The number of nitrogens with one attached hydrogen (secondary N) is 1. The summed E-state index contributed by atoms with van der Waals surface area (Å²) in [6, 6.07) is 7.91. The number of amides is 1. The third-order valence-electron chi connectivity index (χ3n) is 4.93. The second kappa shape index (κ2) is 9.34. The van der Waals surface area contributed by atoms with Gasteiger partial charge < -0.3 is 24.9 Å². The Kier molecular flexibility index (Phi) is 6.80. The summed E-state index contributed by atoms with van der Waals surface area (Å²) in [4.78, 5) is 23.4. The highest BCUT2D eigenvalue weighted by Gasteiger charge is 2.30. The molecule has 0 fully saturated rings. The smallest absolute Gasteiger partial charge is 0.405 e. The SMILES string of the molecule is COCc1nc2nccc(-c3ccc(OCC(C)(CC(C)C)OC(N)=O)c(C)c3)c2[nH]1. The van der Waals surface area contributed by atoms with Crippen LogP contribution >= 0.6 is 0 Å². The van der Waals surface area contributed by atoms with Gasteiger partial charge in [0.25, 0.3) is 0 Å². The Bertz CT molecular complexity index is 1060. The van der Waals surface area contributed by atoms with Crippen molar-refractivity contribution < 1.29 is 19.0 Å². The third kappa shape index (κ3) is 5.52. The zero-order valence-corrected chi connectivity index (χ0v) is 18.7. The minimum Gasteiger partial charge on any atom is -0.489 e. The second-order valence-corrected chi connectivity index (χ2v) is 8.41. The maximum Gasteiger partial charge on any atom is 0.405 e. The van der Waals surface area contributed by atoms with Crippen molar-refractivity contribution in [2.45, 2.75) is 46.3 Å². The van der Waals surface area contributed by atoms with E-state index in [9.17, 15) is 4.79 Å². The Morgan fingerprint density at radius 1 is 1.29 bits per heavy atom. The van der Waals surface area contributed by atoms with Crippen molar-refractivity contribution in [3.05, 3.63) is 41.9 Å². The lowest BCUT2D eigenvalue weighted by Crippen LogP contribution is -2.41. The molecular weight excluding hydrogens is 396 g/mol. The van der Waals surface area contributed by atoms with Gasteiger partial charge in [0.1, 0.15) is 30.4 Å². The van der Waals surface area contributed by atoms with E-state index in [0.717, 1.165) is 33.8 Å². The highest BCUT2D eigenvalue weighted by Crippen LogP contribution is 2.31. The van der Waals surface area contributed by atoms with Crippen LogP contribution in [0.5, 0.6) is 5.75 Å². The summed E-state index contributed by atoms with van der Waals surface area (Å²) in [5, 5.41) is 0. The van der Waals surface area contributed by atoms with Gasteiger partial charge >= 0.3 is 6.09 Å². The topological polar surface area (TPSA) is 112 Å². The molecule has 2 heterocycles. The van der Waals surface area contributed by atoms with E-state index in [4.69, 9.17) is 19.9 Å². The molecule has 2 aromatic heterocycles. The van der Waals surface area contributed by atoms with E-state index >= 15 is 0 Å². The average Bonchev–Trinajstić information content (AvgIpc) is 3.08. The summed E-state index contributed by atoms with van der Waals surface area (Å²) in [6.07, 6.45) is 1.59. The van der Waals surface area contributed by atoms with E-state index in [1.54, 1.807) is 13.3 Å². The number of primary amides is 1. The van der Waals surface area contributed by atoms with Gasteiger partial charge in [0, 0.05) is 18.9 Å². The lowest BCUT2D eigenvalue weighted by Gasteiger charge is -2.30. The number of imidazole rings is 1. The van der Waals surface area contributed by atoms with Crippen LogP contribution in [0.25, 0.3) is 22.3 Å². The minimum absolute atomic E-state index is 0.217. The molecule has 3 rings (SSSR count). The molecule has 0 spiro atoms. The zero-order chi connectivity index (χ0) is 22.6. The summed E-state index contributed by atoms with van der Waals surface area (Å²) >= 11 is 0. The summed E-state index contributed by atoms with van der Waals surface area (Å²) in [6.45, 7) is 8.55. The Morgan fingerprint density at radius 3 is 2.71 bits per heavy atom. The quantitative estimate of drug-likeness (QED) is 0.526. The lowest BCUT2D eigenvalue weighted by molar-refractivity contribution is -0.0187. The fourth-order valence-electron chi connectivity index (χ4n) is 3.85. The number of fused-ring (bicyclic) bond motifs is 1. The number of ether oxygens (including phenoxy) is 3. The van der Waals surface area contributed by atoms with Crippen LogP contribution in [-0.2, 0) is 16.1 Å². The number of pyridine rings is 1. The summed E-state index contributed by atoms with van der Waals surface area (Å²) in [5.74, 6) is 1.78. The van der Waals surface area contributed by atoms with Crippen LogP contribution in [0.3, 0.4) is 0 Å². The van der Waals surface area contributed by atoms with Gasteiger partial charge in [-0.2, -0.15) is 0 Å². The molecular formula is C23H30N4O4. The number of hydrogen-bond donors (Lipinski definition) is 2. The van der Waals surface area contributed by atoms with Gasteiger partial charge in [0.2, 0.25) is 0 Å². The summed E-state index contributed by atoms with van der Waals surface area (Å²) in [7, 11) is 1.63. The molecule has 8 heteroatoms. The number of rotatable bonds is 9. The normalized spacial score (nSPS) is 13.4. The van der Waals surface area contributed by atoms with Gasteiger partial charge in [-0.25, -0.2) is 14.8 Å². The average molecular weight is 427 g/mol. The van der Waals surface area contributed by atoms with Crippen LogP contribution in [0.2, 0.25) is 0 Å². The Hall–Kier alpha value is -3.13. The predicted molar refractivity (Wildman–Crippen MR) is 119 cm³/mol. The molecule has 1 amide bonds. The first-order valence-electron chi connectivity index (χ1n) is 10.3. The molecule has 0 aliphatic heterocycles. The maximum absolute atomic E-state index is 11.3. The van der Waals surface area contributed by atoms with Gasteiger partial charge in [0.05, 0.1) is 5.52 Å². The van der Waals surface area contributed by atoms with Gasteiger partial charge in [-0.3, -0.25) is 0 Å². The molecule has 0 bridgehead atoms. The maximum atomic E-state index is 11.3. The molecule has 1 aromatic carbocycles. The Morgan fingerprint density at radius 2 is 2.06 bits per heavy atom. The number of nitrogens with two attached hydrogens (primary N) is 1. The van der Waals surface area contributed by atoms with Crippen LogP contribution in [-0.4, -0.2) is 40.4 Å². The van der Waals surface area contributed by atoms with Crippen molar-refractivity contribution in [1.29, 1.82) is 0 Å². The van der Waals surface area contributed by atoms with Crippen molar-refractivity contribution in [1.82, 2.24) is 15.0 Å². The van der Waals surface area contributed by atoms with Crippen molar-refractivity contribution in [2.75, 3.05) is 13.7 Å². The van der Waals surface area contributed by atoms with Crippen LogP contribution in [0.4, 0.5) is 4.79 Å². The molecule has 8 nitrogen and oxygen atoms in total. The molecule has 1 atom stereocenters. The fraction of sp³-hybridized carbons (Fsp3) is 0.435. The van der Waals surface area contributed by atoms with Gasteiger partial charge in [-0.05, 0) is 55.5 Å². The summed E-state index contributed by atoms with van der Waals surface area (Å²) in [5.41, 5.74) is 8.96. The third-order valence-corrected chi connectivity index (χ3v) is 4.93. The largest absolute Gasteiger partial charge is 0.489 e. The number of carbonyl (C=O) groups excluding carboxylic acids is 1. The van der Waals surface area contributed by atoms with Crippen molar-refractivity contribution in [3.8, 4) is 16.9 Å². The highest BCUT2D eigenvalue weighted by molar-refractivity contribution is 5.89. The fourth-order valence-corrected chi connectivity index (χ4v) is 3.85. The molecule has 1 unspecified atom stereocenters. The van der Waals surface area contributed by atoms with E-state index in [2.05, 4.69) is 34.9 Å². The highest BCUT2D eigenvalue weighted by atomic mass is 16.6. The van der Waals surface area contributed by atoms with E-state index in [1.165, 1.54) is 0 Å². The van der Waals surface area contributed by atoms with Crippen LogP contribution in [0, 0.1) is 12.8 Å². The number of nitrogens with zero attached hydrogens (tertiary/aromatic N) is 2. The predicted octanol–water partition coefficient (Wildman–Crippen LogP) is 4.36. The van der Waals surface area contributed by atoms with Crippen LogP contribution in [0.15, 0.2) is 30.5 Å². The second-order valence-electron chi connectivity index (χ2n) is 8.41. The Balaban J connectivity index is 1.83. The summed E-state index contributed by atoms with van der Waals surface area (Å²) < 4.78 is 16.6. The monoisotopic (exact) mass is 426 g/mol. The number of aryl methyl sites for hydroxylation is 1. The molecule has 31 heavy (non-hydrogen) atoms. The van der Waals surface area contributed by atoms with Crippen molar-refractivity contribution >= 4 is 17.3 Å². The minimum atomic E-state index is -0.798. The standard InChI is InChI=1S/C23H30N4O4/c1-14(2)11-23(4,31-22(24)28)13-30-18-7-6-16(10-15(18)3)17-8-9-25-21-20(17)26-19(27-21)12-29-5/h6-10,14H,11-13H2,1-5H3,(H2,24,28)(H,25,26,27). The molecule has 0 saturated carbocycles. The number of carbonyl (C=O) groups is 1. The molecule has 3 N–H and O–H groups in total. The van der Waals surface area contributed by atoms with Crippen molar-refractivity contribution in [3.63, 3.8) is 0 Å². The number of hydrogen-bond acceptors (Lipinski definition) is 6. The van der Waals surface area contributed by atoms with Gasteiger partial charge in [-0.1, -0.05) is 19.9 Å².